The fraction of sp³-hybridized carbons (Fsp3) is 0.556. The van der Waals surface area contributed by atoms with Gasteiger partial charge in [-0.2, -0.15) is 12.6 Å². The maximum Gasteiger partial charge on any atom is 0.326 e. The topological polar surface area (TPSA) is 599 Å². The number of benzene rings is 1. The van der Waals surface area contributed by atoms with Crippen molar-refractivity contribution in [2.24, 2.45) is 39.6 Å². The average Bonchev–Trinajstić information content (AvgIpc) is 2.33. The second-order valence-electron chi connectivity index (χ2n) is 21.6. The number of thiol groups is 1. The van der Waals surface area contributed by atoms with Crippen LogP contribution in [-0.2, 0) is 78.3 Å². The number of guanidine groups is 1. The molecule has 37 heteroatoms. The molecule has 1 aliphatic heterocycles. The van der Waals surface area contributed by atoms with Crippen LogP contribution in [0.25, 0.3) is 10.9 Å². The van der Waals surface area contributed by atoms with Gasteiger partial charge in [0.15, 0.2) is 5.96 Å². The monoisotopic (exact) mass is 1300 g/mol. The standard InChI is InChI=1S/C54H82N18O18S/c1-25(2)16-32(68-52(88)38-11-7-15-72(38)42(77)20-55)48(84)66-33(18-40(57)75)49(85)71-37(24-91)51(87)65-31(12-13-39(56)74)46(82)63-26(3)44(80)70-36(23-73)50(86)67-34(19-43(78)79)45(81)62-22-41(76)64-30(10-6-14-60-54(58)59)47(83)69-35(53(89)90)17-27-21-61-29-9-5-4-8-28(27)29/h4-5,8-9,21,25-26,30-38,61,73,91H,6-7,10-20,22-24,55H2,1-3H3,(H2,56,74)(H2,57,75)(H,62,81)(H,63,82)(H,64,76)(H,65,87)(H,66,84)(H,67,86)(H,68,88)(H,69,83)(H,70,80)(H,71,85)(H,78,79)(H,89,90)(H4,58,59,60)/t26-,30-,31-,32-,33-,34-,35-,36-,37-,38-/m0/s1. The lowest BCUT2D eigenvalue weighted by molar-refractivity contribution is -0.142. The Morgan fingerprint density at radius 1 is 0.659 bits per heavy atom. The second-order valence-corrected chi connectivity index (χ2v) is 21.9. The van der Waals surface area contributed by atoms with E-state index in [4.69, 9.17) is 28.7 Å². The van der Waals surface area contributed by atoms with E-state index in [1.54, 1.807) is 44.3 Å². The van der Waals surface area contributed by atoms with Gasteiger partial charge in [-0.3, -0.25) is 72.1 Å². The third-order valence-electron chi connectivity index (χ3n) is 13.9. The highest BCUT2D eigenvalue weighted by Crippen LogP contribution is 2.21. The first-order valence-electron chi connectivity index (χ1n) is 28.7. The van der Waals surface area contributed by atoms with Gasteiger partial charge in [-0.15, -0.1) is 0 Å². The number of carbonyl (C=O) groups excluding carboxylic acids is 13. The fourth-order valence-corrected chi connectivity index (χ4v) is 9.49. The number of para-hydroxylation sites is 1. The Kier molecular flexibility index (Phi) is 31.0. The molecule has 0 radical (unpaired) electrons. The van der Waals surface area contributed by atoms with Gasteiger partial charge in [0.1, 0.15) is 60.4 Å². The van der Waals surface area contributed by atoms with Gasteiger partial charge in [0, 0.05) is 48.8 Å². The second kappa shape index (κ2) is 37.4. The van der Waals surface area contributed by atoms with Crippen molar-refractivity contribution in [3.63, 3.8) is 0 Å². The molecular formula is C54H82N18O18S. The van der Waals surface area contributed by atoms with Crippen LogP contribution in [0.2, 0.25) is 0 Å². The highest BCUT2D eigenvalue weighted by molar-refractivity contribution is 7.80. The molecule has 36 nitrogen and oxygen atoms in total. The Morgan fingerprint density at radius 3 is 1.81 bits per heavy atom. The molecule has 0 bridgehead atoms. The lowest BCUT2D eigenvalue weighted by Gasteiger charge is -2.28. The molecule has 0 saturated carbocycles. The summed E-state index contributed by atoms with van der Waals surface area (Å²) in [6, 6.07) is -8.79. The van der Waals surface area contributed by atoms with Crippen LogP contribution < -0.4 is 81.8 Å². The van der Waals surface area contributed by atoms with Crippen molar-refractivity contribution < 1.29 is 87.2 Å². The molecule has 1 aromatic carbocycles. The fourth-order valence-electron chi connectivity index (χ4n) is 9.23. The number of primary amides is 2. The van der Waals surface area contributed by atoms with Crippen LogP contribution in [0.5, 0.6) is 0 Å². The van der Waals surface area contributed by atoms with E-state index in [2.05, 4.69) is 70.5 Å². The number of carboxylic acids is 2. The molecule has 10 atom stereocenters. The molecule has 3 rings (SSSR count). The molecule has 2 aromatic rings. The number of carboxylic acid groups (broad SMARTS) is 2. The minimum Gasteiger partial charge on any atom is -0.481 e. The van der Waals surface area contributed by atoms with E-state index in [9.17, 15) is 87.2 Å². The number of aromatic nitrogens is 1. The molecule has 1 fully saturated rings. The number of aliphatic hydroxyl groups excluding tert-OH is 1. The number of rotatable bonds is 39. The molecule has 0 aliphatic carbocycles. The molecule has 1 aliphatic rings. The number of likely N-dealkylation sites (tertiary alicyclic amines) is 1. The van der Waals surface area contributed by atoms with Crippen molar-refractivity contribution in [3.05, 3.63) is 36.0 Å². The SMILES string of the molecule is CC(C)C[C@H](NC(=O)[C@@H]1CCCN1C(=O)CN)C(=O)N[C@@H](CC(N)=O)C(=O)N[C@@H](CS)C(=O)N[C@@H](CCC(N)=O)C(=O)N[C@@H](C)C(=O)N[C@@H](CO)C(=O)N[C@@H](CC(=O)O)C(=O)NCC(=O)N[C@@H](CCCN=C(N)N)C(=O)N[C@@H](Cc1c[nH]c2ccccc12)C(=O)O. The number of amides is 13. The maximum absolute atomic E-state index is 13.7. The summed E-state index contributed by atoms with van der Waals surface area (Å²) >= 11 is 4.12. The number of hydrogen-bond acceptors (Lipinski definition) is 19. The summed E-state index contributed by atoms with van der Waals surface area (Å²) in [5, 5.41) is 53.3. The van der Waals surface area contributed by atoms with Gasteiger partial charge in [-0.25, -0.2) is 4.79 Å². The number of nitrogens with one attached hydrogen (secondary N) is 11. The van der Waals surface area contributed by atoms with Crippen LogP contribution >= 0.6 is 12.6 Å². The predicted octanol–water partition coefficient (Wildman–Crippen LogP) is -8.12. The number of hydrogen-bond donors (Lipinski definition) is 20. The van der Waals surface area contributed by atoms with E-state index >= 15 is 0 Å². The quantitative estimate of drug-likeness (QED) is 0.0128. The zero-order chi connectivity index (χ0) is 68.2. The number of aliphatic hydroxyl groups is 1. The first-order chi connectivity index (χ1) is 42.9. The third-order valence-corrected chi connectivity index (χ3v) is 14.2. The van der Waals surface area contributed by atoms with Gasteiger partial charge < -0.3 is 107 Å². The van der Waals surface area contributed by atoms with Crippen LogP contribution in [-0.4, -0.2) is 219 Å². The van der Waals surface area contributed by atoms with E-state index in [0.29, 0.717) is 22.9 Å². The predicted molar refractivity (Wildman–Crippen MR) is 324 cm³/mol. The highest BCUT2D eigenvalue weighted by Gasteiger charge is 2.38. The number of fused-ring (bicyclic) bond motifs is 1. The maximum atomic E-state index is 13.7. The molecule has 502 valence electrons. The van der Waals surface area contributed by atoms with Crippen LogP contribution in [0.4, 0.5) is 0 Å². The molecule has 1 aromatic heterocycles. The average molecular weight is 1300 g/mol. The largest absolute Gasteiger partial charge is 0.481 e. The van der Waals surface area contributed by atoms with Gasteiger partial charge >= 0.3 is 11.9 Å². The van der Waals surface area contributed by atoms with E-state index in [0.717, 1.165) is 6.92 Å². The van der Waals surface area contributed by atoms with Crippen molar-refractivity contribution in [2.45, 2.75) is 145 Å². The highest BCUT2D eigenvalue weighted by atomic mass is 32.1. The number of aromatic amines is 1. The number of aliphatic carboxylic acids is 2. The van der Waals surface area contributed by atoms with Crippen LogP contribution in [0.1, 0.15) is 84.1 Å². The summed E-state index contributed by atoms with van der Waals surface area (Å²) in [5.41, 5.74) is 28.3. The van der Waals surface area contributed by atoms with Gasteiger partial charge in [0.25, 0.3) is 0 Å². The summed E-state index contributed by atoms with van der Waals surface area (Å²) in [4.78, 5) is 204. The molecule has 24 N–H and O–H groups in total. The molecule has 0 unspecified atom stereocenters. The zero-order valence-electron chi connectivity index (χ0n) is 50.2. The van der Waals surface area contributed by atoms with E-state index in [1.165, 1.54) is 4.90 Å². The minimum absolute atomic E-state index is 0.0115. The number of aliphatic imine (C=N–C) groups is 1. The number of carbonyl (C=O) groups is 15. The Balaban J connectivity index is 1.68. The molecule has 1 saturated heterocycles. The van der Waals surface area contributed by atoms with Crippen molar-refractivity contribution >= 4 is 118 Å². The van der Waals surface area contributed by atoms with Gasteiger partial charge in [-0.1, -0.05) is 32.0 Å². The third kappa shape index (κ3) is 25.4. The zero-order valence-corrected chi connectivity index (χ0v) is 51.1. The van der Waals surface area contributed by atoms with Crippen molar-refractivity contribution in [2.75, 3.05) is 38.5 Å². The first-order valence-corrected chi connectivity index (χ1v) is 29.4. The van der Waals surface area contributed by atoms with E-state index in [-0.39, 0.29) is 63.6 Å². The summed E-state index contributed by atoms with van der Waals surface area (Å²) in [6.07, 6.45) is -0.810. The number of nitrogens with zero attached hydrogens (tertiary/aromatic N) is 2. The Labute approximate surface area is 526 Å². The molecular weight excluding hydrogens is 1220 g/mol. The van der Waals surface area contributed by atoms with Crippen molar-refractivity contribution in [1.29, 1.82) is 0 Å². The molecule has 13 amide bonds. The number of nitrogens with two attached hydrogens (primary N) is 5. The van der Waals surface area contributed by atoms with Gasteiger partial charge in [-0.05, 0) is 63.0 Å². The summed E-state index contributed by atoms with van der Waals surface area (Å²) in [5.74, 6) is -17.3. The lowest BCUT2D eigenvalue weighted by Crippen LogP contribution is -2.61. The first kappa shape index (κ1) is 75.6. The van der Waals surface area contributed by atoms with E-state index in [1.807, 2.05) is 5.32 Å². The molecule has 91 heavy (non-hydrogen) atoms. The molecule has 0 spiro atoms. The van der Waals surface area contributed by atoms with Crippen molar-refractivity contribution in [1.82, 2.24) is 63.1 Å². The van der Waals surface area contributed by atoms with Crippen LogP contribution in [0.3, 0.4) is 0 Å². The Morgan fingerprint density at radius 2 is 1.22 bits per heavy atom. The minimum atomic E-state index is -1.99. The van der Waals surface area contributed by atoms with E-state index < -0.39 is 194 Å². The number of H-pyrrole nitrogens is 1. The summed E-state index contributed by atoms with van der Waals surface area (Å²) in [7, 11) is 0. The summed E-state index contributed by atoms with van der Waals surface area (Å²) in [6.45, 7) is 2.33. The normalized spacial score (nSPS) is 15.6. The van der Waals surface area contributed by atoms with Crippen LogP contribution in [0.15, 0.2) is 35.5 Å². The lowest BCUT2D eigenvalue weighted by atomic mass is 10.0. The molecule has 2 heterocycles. The van der Waals surface area contributed by atoms with Gasteiger partial charge in [0.05, 0.1) is 32.5 Å². The summed E-state index contributed by atoms with van der Waals surface area (Å²) < 4.78 is 0. The van der Waals surface area contributed by atoms with Crippen molar-refractivity contribution in [3.8, 4) is 0 Å². The van der Waals surface area contributed by atoms with Crippen LogP contribution in [0, 0.1) is 5.92 Å². The Bertz CT molecular complexity index is 3010. The smallest absolute Gasteiger partial charge is 0.326 e. The van der Waals surface area contributed by atoms with Gasteiger partial charge in [0.2, 0.25) is 76.8 Å². The Hall–Kier alpha value is -9.65.